The summed E-state index contributed by atoms with van der Waals surface area (Å²) in [6, 6.07) is 8.13. The first kappa shape index (κ1) is 13.3. The highest BCUT2D eigenvalue weighted by Crippen LogP contribution is 2.21. The van der Waals surface area contributed by atoms with Crippen LogP contribution in [-0.4, -0.2) is 12.1 Å². The molecule has 0 amide bonds. The lowest BCUT2D eigenvalue weighted by Crippen LogP contribution is -2.01. The van der Waals surface area contributed by atoms with E-state index in [1.807, 2.05) is 26.0 Å². The van der Waals surface area contributed by atoms with Gasteiger partial charge in [0.25, 0.3) is 0 Å². The van der Waals surface area contributed by atoms with Gasteiger partial charge in [-0.1, -0.05) is 6.07 Å². The van der Waals surface area contributed by atoms with E-state index in [9.17, 15) is 4.39 Å². The molecule has 0 radical (unpaired) electrons. The SMILES string of the molecule is COc1cc(C)nc(COc2cc(F)ccc2C)c1. The molecule has 2 aromatic rings. The molecule has 0 fully saturated rings. The molecule has 19 heavy (non-hydrogen) atoms. The summed E-state index contributed by atoms with van der Waals surface area (Å²) < 4.78 is 23.9. The molecule has 0 unspecified atom stereocenters. The quantitative estimate of drug-likeness (QED) is 0.845. The highest BCUT2D eigenvalue weighted by atomic mass is 19.1. The van der Waals surface area contributed by atoms with Crippen molar-refractivity contribution < 1.29 is 13.9 Å². The minimum absolute atomic E-state index is 0.280. The van der Waals surface area contributed by atoms with E-state index in [1.165, 1.54) is 12.1 Å². The minimum Gasteiger partial charge on any atom is -0.497 e. The molecule has 1 aromatic carbocycles. The lowest BCUT2D eigenvalue weighted by molar-refractivity contribution is 0.296. The first-order valence-corrected chi connectivity index (χ1v) is 5.99. The number of aryl methyl sites for hydroxylation is 2. The molecule has 0 aliphatic carbocycles. The van der Waals surface area contributed by atoms with E-state index in [1.54, 1.807) is 13.2 Å². The standard InChI is InChI=1S/C15H16FNO2/c1-10-4-5-12(16)7-15(10)19-9-13-8-14(18-3)6-11(2)17-13/h4-8H,9H2,1-3H3. The van der Waals surface area contributed by atoms with Crippen molar-refractivity contribution >= 4 is 0 Å². The summed E-state index contributed by atoms with van der Waals surface area (Å²) in [7, 11) is 1.61. The van der Waals surface area contributed by atoms with Crippen LogP contribution in [0.4, 0.5) is 4.39 Å². The number of aromatic nitrogens is 1. The van der Waals surface area contributed by atoms with Gasteiger partial charge in [-0.2, -0.15) is 0 Å². The third kappa shape index (κ3) is 3.44. The third-order valence-corrected chi connectivity index (χ3v) is 2.74. The van der Waals surface area contributed by atoms with Gasteiger partial charge in [0.1, 0.15) is 23.9 Å². The fourth-order valence-electron chi connectivity index (χ4n) is 1.78. The van der Waals surface area contributed by atoms with E-state index in [2.05, 4.69) is 4.98 Å². The van der Waals surface area contributed by atoms with Crippen molar-refractivity contribution in [2.45, 2.75) is 20.5 Å². The van der Waals surface area contributed by atoms with Crippen LogP contribution < -0.4 is 9.47 Å². The van der Waals surface area contributed by atoms with Gasteiger partial charge in [0.05, 0.1) is 12.8 Å². The molecule has 2 rings (SSSR count). The van der Waals surface area contributed by atoms with Gasteiger partial charge in [0.2, 0.25) is 0 Å². The van der Waals surface area contributed by atoms with Crippen molar-refractivity contribution in [3.63, 3.8) is 0 Å². The summed E-state index contributed by atoms with van der Waals surface area (Å²) in [5.74, 6) is 0.958. The van der Waals surface area contributed by atoms with Crippen molar-refractivity contribution in [2.75, 3.05) is 7.11 Å². The van der Waals surface area contributed by atoms with Gasteiger partial charge in [-0.15, -0.1) is 0 Å². The lowest BCUT2D eigenvalue weighted by atomic mass is 10.2. The second kappa shape index (κ2) is 5.69. The van der Waals surface area contributed by atoms with Gasteiger partial charge < -0.3 is 9.47 Å². The maximum Gasteiger partial charge on any atom is 0.130 e. The molecule has 0 saturated carbocycles. The van der Waals surface area contributed by atoms with E-state index in [0.29, 0.717) is 5.75 Å². The van der Waals surface area contributed by atoms with E-state index in [4.69, 9.17) is 9.47 Å². The van der Waals surface area contributed by atoms with Gasteiger partial charge >= 0.3 is 0 Å². The highest BCUT2D eigenvalue weighted by molar-refractivity contribution is 5.33. The number of nitrogens with zero attached hydrogens (tertiary/aromatic N) is 1. The van der Waals surface area contributed by atoms with Crippen molar-refractivity contribution in [1.29, 1.82) is 0 Å². The van der Waals surface area contributed by atoms with Crippen LogP contribution in [0.15, 0.2) is 30.3 Å². The Bertz CT molecular complexity index is 584. The normalized spacial score (nSPS) is 10.3. The fraction of sp³-hybridized carbons (Fsp3) is 0.267. The second-order valence-corrected chi connectivity index (χ2v) is 4.34. The molecule has 3 nitrogen and oxygen atoms in total. The predicted molar refractivity (Wildman–Crippen MR) is 71.0 cm³/mol. The minimum atomic E-state index is -0.310. The Labute approximate surface area is 112 Å². The molecule has 0 N–H and O–H groups in total. The number of methoxy groups -OCH3 is 1. The van der Waals surface area contributed by atoms with Crippen LogP contribution in [0.2, 0.25) is 0 Å². The molecule has 0 bridgehead atoms. The molecule has 0 spiro atoms. The maximum atomic E-state index is 13.1. The molecule has 1 aromatic heterocycles. The molecule has 0 aliphatic rings. The average molecular weight is 261 g/mol. The van der Waals surface area contributed by atoms with Crippen LogP contribution in [0.5, 0.6) is 11.5 Å². The summed E-state index contributed by atoms with van der Waals surface area (Å²) in [4.78, 5) is 4.35. The summed E-state index contributed by atoms with van der Waals surface area (Å²) in [6.07, 6.45) is 0. The molecule has 100 valence electrons. The zero-order valence-electron chi connectivity index (χ0n) is 11.2. The Balaban J connectivity index is 2.14. The van der Waals surface area contributed by atoms with E-state index < -0.39 is 0 Å². The van der Waals surface area contributed by atoms with Gasteiger partial charge in [-0.05, 0) is 25.5 Å². The van der Waals surface area contributed by atoms with Crippen LogP contribution in [0, 0.1) is 19.7 Å². The number of halogens is 1. The van der Waals surface area contributed by atoms with Crippen molar-refractivity contribution in [3.8, 4) is 11.5 Å². The fourth-order valence-corrected chi connectivity index (χ4v) is 1.78. The van der Waals surface area contributed by atoms with Gasteiger partial charge in [-0.3, -0.25) is 4.98 Å². The average Bonchev–Trinajstić information content (AvgIpc) is 2.39. The Morgan fingerprint density at radius 2 is 1.95 bits per heavy atom. The largest absolute Gasteiger partial charge is 0.497 e. The van der Waals surface area contributed by atoms with E-state index in [0.717, 1.165) is 22.7 Å². The Morgan fingerprint density at radius 3 is 2.68 bits per heavy atom. The van der Waals surface area contributed by atoms with Gasteiger partial charge in [-0.25, -0.2) is 4.39 Å². The van der Waals surface area contributed by atoms with Crippen molar-refractivity contribution in [3.05, 3.63) is 53.1 Å². The van der Waals surface area contributed by atoms with Gasteiger partial charge in [0.15, 0.2) is 0 Å². The monoisotopic (exact) mass is 261 g/mol. The van der Waals surface area contributed by atoms with Crippen molar-refractivity contribution in [2.24, 2.45) is 0 Å². The third-order valence-electron chi connectivity index (χ3n) is 2.74. The first-order valence-electron chi connectivity index (χ1n) is 5.99. The molecular formula is C15H16FNO2. The molecule has 4 heteroatoms. The molecule has 0 atom stereocenters. The van der Waals surface area contributed by atoms with Crippen LogP contribution in [-0.2, 0) is 6.61 Å². The second-order valence-electron chi connectivity index (χ2n) is 4.34. The molecule has 0 aliphatic heterocycles. The summed E-state index contributed by atoms with van der Waals surface area (Å²) >= 11 is 0. The van der Waals surface area contributed by atoms with Crippen LogP contribution in [0.25, 0.3) is 0 Å². The number of pyridine rings is 1. The Kier molecular flexibility index (Phi) is 4.00. The molecular weight excluding hydrogens is 245 g/mol. The number of rotatable bonds is 4. The van der Waals surface area contributed by atoms with E-state index >= 15 is 0 Å². The molecule has 0 saturated heterocycles. The maximum absolute atomic E-state index is 13.1. The molecule has 1 heterocycles. The van der Waals surface area contributed by atoms with Crippen LogP contribution in [0.1, 0.15) is 17.0 Å². The smallest absolute Gasteiger partial charge is 0.130 e. The zero-order valence-corrected chi connectivity index (χ0v) is 11.2. The zero-order chi connectivity index (χ0) is 13.8. The topological polar surface area (TPSA) is 31.4 Å². The Hall–Kier alpha value is -2.10. The van der Waals surface area contributed by atoms with E-state index in [-0.39, 0.29) is 12.4 Å². The first-order chi connectivity index (χ1) is 9.08. The summed E-state index contributed by atoms with van der Waals surface area (Å²) in [5.41, 5.74) is 2.50. The Morgan fingerprint density at radius 1 is 1.16 bits per heavy atom. The van der Waals surface area contributed by atoms with Crippen molar-refractivity contribution in [1.82, 2.24) is 4.98 Å². The summed E-state index contributed by atoms with van der Waals surface area (Å²) in [6.45, 7) is 4.04. The van der Waals surface area contributed by atoms with Crippen LogP contribution >= 0.6 is 0 Å². The predicted octanol–water partition coefficient (Wildman–Crippen LogP) is 3.43. The highest BCUT2D eigenvalue weighted by Gasteiger charge is 2.05. The van der Waals surface area contributed by atoms with Crippen LogP contribution in [0.3, 0.4) is 0 Å². The summed E-state index contributed by atoms with van der Waals surface area (Å²) in [5, 5.41) is 0. The lowest BCUT2D eigenvalue weighted by Gasteiger charge is -2.10. The number of ether oxygens (including phenoxy) is 2. The van der Waals surface area contributed by atoms with Gasteiger partial charge in [0, 0.05) is 23.9 Å². The number of benzene rings is 1. The number of hydrogen-bond donors (Lipinski definition) is 0. The number of hydrogen-bond acceptors (Lipinski definition) is 3.